The summed E-state index contributed by atoms with van der Waals surface area (Å²) < 4.78 is 27.4. The number of benzene rings is 1. The molecule has 5 nitrogen and oxygen atoms in total. The fourth-order valence-electron chi connectivity index (χ4n) is 1.63. The number of aliphatic imine (C=N–C) groups is 1. The molecule has 0 aliphatic carbocycles. The Balaban J connectivity index is 2.04. The van der Waals surface area contributed by atoms with Crippen molar-refractivity contribution in [2.45, 2.75) is 12.6 Å². The smallest absolute Gasteiger partial charge is 0.235 e. The van der Waals surface area contributed by atoms with Gasteiger partial charge in [-0.3, -0.25) is 0 Å². The van der Waals surface area contributed by atoms with Crippen molar-refractivity contribution in [1.29, 1.82) is 0 Å². The van der Waals surface area contributed by atoms with Crippen molar-refractivity contribution in [1.82, 2.24) is 0 Å². The summed E-state index contributed by atoms with van der Waals surface area (Å²) in [4.78, 5) is 13.4. The molecule has 0 spiro atoms. The Morgan fingerprint density at radius 2 is 2.17 bits per heavy atom. The first-order valence-electron chi connectivity index (χ1n) is 5.19. The number of hydrogen-bond acceptors (Lipinski definition) is 5. The molecule has 0 N–H and O–H groups in total. The third-order valence-corrected chi connectivity index (χ3v) is 4.55. The van der Waals surface area contributed by atoms with Gasteiger partial charge in [-0.1, -0.05) is 17.7 Å². The molecule has 1 fully saturated rings. The highest BCUT2D eigenvalue weighted by molar-refractivity contribution is 7.92. The molecule has 0 aromatic heterocycles. The highest BCUT2D eigenvalue weighted by Crippen LogP contribution is 2.28. The van der Waals surface area contributed by atoms with Crippen LogP contribution in [0.1, 0.15) is 5.56 Å². The average molecular weight is 288 g/mol. The minimum Gasteiger partial charge on any atom is -0.487 e. The van der Waals surface area contributed by atoms with Gasteiger partial charge in [0.2, 0.25) is 6.08 Å². The Morgan fingerprint density at radius 3 is 2.72 bits per heavy atom. The summed E-state index contributed by atoms with van der Waals surface area (Å²) in [6, 6.07) is 4.99. The van der Waals surface area contributed by atoms with Gasteiger partial charge in [0.15, 0.2) is 9.84 Å². The second-order valence-corrected chi connectivity index (χ2v) is 6.55. The summed E-state index contributed by atoms with van der Waals surface area (Å²) in [6.07, 6.45) is 1.12. The largest absolute Gasteiger partial charge is 0.487 e. The molecule has 1 aliphatic heterocycles. The van der Waals surface area contributed by atoms with E-state index in [-0.39, 0.29) is 24.2 Å². The maximum atomic E-state index is 11.0. The van der Waals surface area contributed by atoms with E-state index in [0.717, 1.165) is 5.56 Å². The van der Waals surface area contributed by atoms with Crippen LogP contribution in [0, 0.1) is 0 Å². The van der Waals surface area contributed by atoms with E-state index in [9.17, 15) is 13.2 Å². The van der Waals surface area contributed by atoms with Crippen molar-refractivity contribution in [3.8, 4) is 5.75 Å². The van der Waals surface area contributed by atoms with E-state index in [1.54, 1.807) is 18.2 Å². The highest BCUT2D eigenvalue weighted by Gasteiger charge is 2.35. The van der Waals surface area contributed by atoms with E-state index in [4.69, 9.17) is 16.3 Å². The van der Waals surface area contributed by atoms with Crippen LogP contribution in [0.5, 0.6) is 5.75 Å². The molecule has 0 bridgehead atoms. The van der Waals surface area contributed by atoms with Crippen LogP contribution in [-0.2, 0) is 21.2 Å². The van der Waals surface area contributed by atoms with Crippen LogP contribution in [0.4, 0.5) is 0 Å². The Hall–Kier alpha value is -1.36. The number of hydrogen-bond donors (Lipinski definition) is 0. The molecule has 1 saturated heterocycles. The van der Waals surface area contributed by atoms with Gasteiger partial charge in [0.1, 0.15) is 11.9 Å². The molecule has 0 amide bonds. The minimum atomic E-state index is -2.91. The molecule has 0 unspecified atom stereocenters. The van der Waals surface area contributed by atoms with E-state index < -0.39 is 9.84 Å². The lowest BCUT2D eigenvalue weighted by atomic mass is 10.2. The Labute approximate surface area is 109 Å². The number of isocyanates is 1. The number of ether oxygens (including phenoxy) is 1. The number of rotatable bonds is 4. The molecule has 1 aromatic rings. The molecule has 0 saturated carbocycles. The SMILES string of the molecule is O=C=NCc1ccc(OC2CS(=O)(=O)C2)c(Cl)c1. The van der Waals surface area contributed by atoms with Gasteiger partial charge < -0.3 is 4.74 Å². The van der Waals surface area contributed by atoms with Crippen molar-refractivity contribution in [3.63, 3.8) is 0 Å². The quantitative estimate of drug-likeness (QED) is 0.619. The van der Waals surface area contributed by atoms with Gasteiger partial charge in [-0.05, 0) is 17.7 Å². The standard InChI is InChI=1S/C11H10ClNO4S/c12-10-3-8(4-13-7-14)1-2-11(10)17-9-5-18(15,16)6-9/h1-3,9H,4-6H2. The summed E-state index contributed by atoms with van der Waals surface area (Å²) in [6.45, 7) is 0.210. The fraction of sp³-hybridized carbons (Fsp3) is 0.364. The number of carbonyl (C=O) groups excluding carboxylic acids is 1. The lowest BCUT2D eigenvalue weighted by molar-refractivity contribution is 0.230. The molecule has 1 aromatic carbocycles. The molecule has 0 radical (unpaired) electrons. The number of halogens is 1. The van der Waals surface area contributed by atoms with Crippen LogP contribution >= 0.6 is 11.6 Å². The predicted molar refractivity (Wildman–Crippen MR) is 66.3 cm³/mol. The number of sulfone groups is 1. The first-order valence-corrected chi connectivity index (χ1v) is 7.39. The summed E-state index contributed by atoms with van der Waals surface area (Å²) in [7, 11) is -2.91. The number of nitrogens with zero attached hydrogens (tertiary/aromatic N) is 1. The average Bonchev–Trinajstić information content (AvgIpc) is 2.27. The normalized spacial score (nSPS) is 17.6. The van der Waals surface area contributed by atoms with E-state index in [2.05, 4.69) is 4.99 Å². The maximum Gasteiger partial charge on any atom is 0.235 e. The molecule has 96 valence electrons. The van der Waals surface area contributed by atoms with E-state index >= 15 is 0 Å². The van der Waals surface area contributed by atoms with Gasteiger partial charge >= 0.3 is 0 Å². The summed E-state index contributed by atoms with van der Waals surface area (Å²) in [5.41, 5.74) is 0.761. The lowest BCUT2D eigenvalue weighted by Gasteiger charge is -2.26. The van der Waals surface area contributed by atoms with Gasteiger partial charge in [0.25, 0.3) is 0 Å². The molecule has 18 heavy (non-hydrogen) atoms. The topological polar surface area (TPSA) is 72.8 Å². The van der Waals surface area contributed by atoms with Crippen LogP contribution in [0.3, 0.4) is 0 Å². The molecule has 7 heteroatoms. The minimum absolute atomic E-state index is 0.0283. The van der Waals surface area contributed by atoms with Gasteiger partial charge in [-0.15, -0.1) is 0 Å². The molecule has 1 aliphatic rings. The van der Waals surface area contributed by atoms with Gasteiger partial charge in [0, 0.05) is 0 Å². The van der Waals surface area contributed by atoms with E-state index in [1.807, 2.05) is 0 Å². The van der Waals surface area contributed by atoms with Crippen LogP contribution < -0.4 is 4.74 Å². The zero-order valence-electron chi connectivity index (χ0n) is 9.30. The van der Waals surface area contributed by atoms with Crippen molar-refractivity contribution in [3.05, 3.63) is 28.8 Å². The highest BCUT2D eigenvalue weighted by atomic mass is 35.5. The Kier molecular flexibility index (Phi) is 3.71. The third kappa shape index (κ3) is 3.10. The lowest BCUT2D eigenvalue weighted by Crippen LogP contribution is -2.45. The zero-order chi connectivity index (χ0) is 13.2. The van der Waals surface area contributed by atoms with Crippen molar-refractivity contribution in [2.24, 2.45) is 4.99 Å². The zero-order valence-corrected chi connectivity index (χ0v) is 10.9. The maximum absolute atomic E-state index is 11.0. The Bertz CT molecular complexity index is 595. The Morgan fingerprint density at radius 1 is 1.44 bits per heavy atom. The summed E-state index contributed by atoms with van der Waals surface area (Å²) >= 11 is 5.99. The van der Waals surface area contributed by atoms with Crippen molar-refractivity contribution in [2.75, 3.05) is 11.5 Å². The van der Waals surface area contributed by atoms with Crippen LogP contribution in [0.15, 0.2) is 23.2 Å². The molecular formula is C11H10ClNO4S. The van der Waals surface area contributed by atoms with Crippen LogP contribution in [-0.4, -0.2) is 32.1 Å². The molecule has 0 atom stereocenters. The van der Waals surface area contributed by atoms with E-state index in [1.165, 1.54) is 6.08 Å². The van der Waals surface area contributed by atoms with Gasteiger partial charge in [-0.25, -0.2) is 18.2 Å². The molecule has 1 heterocycles. The van der Waals surface area contributed by atoms with E-state index in [0.29, 0.717) is 10.8 Å². The van der Waals surface area contributed by atoms with Gasteiger partial charge in [-0.2, -0.15) is 0 Å². The van der Waals surface area contributed by atoms with Crippen molar-refractivity contribution >= 4 is 27.5 Å². The molecule has 2 rings (SSSR count). The first-order chi connectivity index (χ1) is 8.50. The first kappa shape index (κ1) is 13.1. The van der Waals surface area contributed by atoms with Crippen LogP contribution in [0.25, 0.3) is 0 Å². The second kappa shape index (κ2) is 5.10. The monoisotopic (exact) mass is 287 g/mol. The summed E-state index contributed by atoms with van der Waals surface area (Å²) in [5, 5.41) is 0.373. The second-order valence-electron chi connectivity index (χ2n) is 3.99. The third-order valence-electron chi connectivity index (χ3n) is 2.50. The predicted octanol–water partition coefficient (Wildman–Crippen LogP) is 1.35. The van der Waals surface area contributed by atoms with Gasteiger partial charge in [0.05, 0.1) is 23.1 Å². The summed E-state index contributed by atoms with van der Waals surface area (Å²) in [5.74, 6) is 0.497. The van der Waals surface area contributed by atoms with Crippen LogP contribution in [0.2, 0.25) is 5.02 Å². The van der Waals surface area contributed by atoms with Crippen molar-refractivity contribution < 1.29 is 17.9 Å². The fourth-order valence-corrected chi connectivity index (χ4v) is 3.05. The molecular weight excluding hydrogens is 278 g/mol.